The van der Waals surface area contributed by atoms with E-state index in [0.717, 1.165) is 17.6 Å². The first-order chi connectivity index (χ1) is 13.5. The lowest BCUT2D eigenvalue weighted by Gasteiger charge is -2.17. The first kappa shape index (κ1) is 18.2. The first-order valence-electron chi connectivity index (χ1n) is 9.19. The van der Waals surface area contributed by atoms with Gasteiger partial charge in [-0.15, -0.1) is 0 Å². The zero-order valence-corrected chi connectivity index (χ0v) is 15.4. The zero-order chi connectivity index (χ0) is 19.8. The van der Waals surface area contributed by atoms with Gasteiger partial charge in [-0.2, -0.15) is 4.98 Å². The molecule has 1 aliphatic rings. The third-order valence-corrected chi connectivity index (χ3v) is 4.94. The van der Waals surface area contributed by atoms with E-state index in [9.17, 15) is 14.7 Å². The van der Waals surface area contributed by atoms with Gasteiger partial charge in [0.15, 0.2) is 0 Å². The number of nitrogens with two attached hydrogens (primary N) is 1. The van der Waals surface area contributed by atoms with Crippen LogP contribution in [0, 0.1) is 0 Å². The number of pyridine rings is 1. The van der Waals surface area contributed by atoms with Crippen molar-refractivity contribution in [2.45, 2.75) is 32.3 Å². The fourth-order valence-electron chi connectivity index (χ4n) is 3.45. The maximum absolute atomic E-state index is 13.1. The van der Waals surface area contributed by atoms with Crippen molar-refractivity contribution in [3.8, 4) is 0 Å². The number of ether oxygens (including phenoxy) is 1. The molecule has 7 nitrogen and oxygen atoms in total. The second-order valence-corrected chi connectivity index (χ2v) is 6.79. The van der Waals surface area contributed by atoms with E-state index in [1.165, 1.54) is 6.07 Å². The molecule has 1 aliphatic carbocycles. The Balaban J connectivity index is 1.88. The molecule has 0 bridgehead atoms. The monoisotopic (exact) mass is 380 g/mol. The number of allylic oxidation sites excluding steroid dienone is 1. The predicted octanol–water partition coefficient (Wildman–Crippen LogP) is 3.03. The largest absolute Gasteiger partial charge is 0.462 e. The number of aliphatic hydroxyl groups excluding tert-OH is 1. The molecule has 144 valence electrons. The van der Waals surface area contributed by atoms with Gasteiger partial charge in [-0.05, 0) is 55.5 Å². The Morgan fingerprint density at radius 3 is 2.89 bits per heavy atom. The lowest BCUT2D eigenvalue weighted by atomic mass is 9.91. The summed E-state index contributed by atoms with van der Waals surface area (Å²) in [5, 5.41) is 10.3. The Bertz CT molecular complexity index is 1180. The molecule has 0 aliphatic heterocycles. The Morgan fingerprint density at radius 1 is 1.36 bits per heavy atom. The summed E-state index contributed by atoms with van der Waals surface area (Å²) >= 11 is 0. The highest BCUT2D eigenvalue weighted by molar-refractivity contribution is 5.99. The Labute approximate surface area is 160 Å². The minimum atomic E-state index is -0.631. The number of nitrogens with zero attached hydrogens (tertiary/aromatic N) is 1. The number of hydrogen-bond donors (Lipinski definition) is 2. The number of hydrogen-bond acceptors (Lipinski definition) is 7. The lowest BCUT2D eigenvalue weighted by molar-refractivity contribution is 0.0527. The van der Waals surface area contributed by atoms with Crippen molar-refractivity contribution in [3.05, 3.63) is 51.7 Å². The maximum atomic E-state index is 13.1. The van der Waals surface area contributed by atoms with Gasteiger partial charge in [0.25, 0.3) is 0 Å². The van der Waals surface area contributed by atoms with Gasteiger partial charge in [0.05, 0.1) is 23.5 Å². The molecule has 0 saturated heterocycles. The molecule has 3 aromatic rings. The Morgan fingerprint density at radius 2 is 2.18 bits per heavy atom. The Hall–Kier alpha value is -3.19. The first-order valence-corrected chi connectivity index (χ1v) is 9.19. The van der Waals surface area contributed by atoms with E-state index in [4.69, 9.17) is 14.9 Å². The van der Waals surface area contributed by atoms with Crippen LogP contribution < -0.4 is 11.2 Å². The summed E-state index contributed by atoms with van der Waals surface area (Å²) in [6.07, 6.45) is 3.74. The summed E-state index contributed by atoms with van der Waals surface area (Å²) in [4.78, 5) is 29.2. The summed E-state index contributed by atoms with van der Waals surface area (Å²) in [6, 6.07) is 6.78. The van der Waals surface area contributed by atoms with Crippen molar-refractivity contribution < 1.29 is 19.1 Å². The topological polar surface area (TPSA) is 116 Å². The van der Waals surface area contributed by atoms with E-state index in [1.807, 2.05) is 12.1 Å². The van der Waals surface area contributed by atoms with Crippen LogP contribution >= 0.6 is 0 Å². The van der Waals surface area contributed by atoms with E-state index in [2.05, 4.69) is 4.98 Å². The number of aromatic nitrogens is 1. The molecule has 7 heteroatoms. The average Bonchev–Trinajstić information content (AvgIpc) is 2.68. The van der Waals surface area contributed by atoms with E-state index in [1.54, 1.807) is 19.1 Å². The number of carbonyl (C=O) groups is 1. The number of anilines is 1. The summed E-state index contributed by atoms with van der Waals surface area (Å²) < 4.78 is 10.7. The molecular weight excluding hydrogens is 360 g/mol. The molecule has 0 spiro atoms. The summed E-state index contributed by atoms with van der Waals surface area (Å²) in [7, 11) is 0. The van der Waals surface area contributed by atoms with Crippen LogP contribution in [0.1, 0.15) is 42.1 Å². The van der Waals surface area contributed by atoms with Crippen LogP contribution in [-0.2, 0) is 4.74 Å². The molecular formula is C21H20N2O5. The molecule has 1 aromatic carbocycles. The van der Waals surface area contributed by atoms with Crippen LogP contribution in [0.3, 0.4) is 0 Å². The van der Waals surface area contributed by atoms with Crippen molar-refractivity contribution in [1.82, 2.24) is 4.98 Å². The SMILES string of the molecule is CCOC(=O)c1cc2c(=O)c3cc(C4=CCC(O)CC4)ccc3oc2nc1N. The average molecular weight is 380 g/mol. The highest BCUT2D eigenvalue weighted by Crippen LogP contribution is 2.29. The minimum absolute atomic E-state index is 0.0427. The zero-order valence-electron chi connectivity index (χ0n) is 15.4. The van der Waals surface area contributed by atoms with Gasteiger partial charge >= 0.3 is 5.97 Å². The van der Waals surface area contributed by atoms with E-state index in [0.29, 0.717) is 23.8 Å². The smallest absolute Gasteiger partial charge is 0.341 e. The van der Waals surface area contributed by atoms with Crippen LogP contribution in [0.4, 0.5) is 5.82 Å². The standard InChI is InChI=1S/C21H20N2O5/c1-2-27-21(26)16-10-15-18(25)14-9-12(11-3-6-13(24)7-4-11)5-8-17(14)28-20(15)23-19(16)22/h3,5,8-10,13,24H,2,4,6-7H2,1H3,(H2,22,23). The number of nitrogen functional groups attached to an aromatic ring is 1. The molecule has 2 heterocycles. The van der Waals surface area contributed by atoms with E-state index in [-0.39, 0.29) is 40.6 Å². The van der Waals surface area contributed by atoms with Gasteiger partial charge in [-0.3, -0.25) is 4.79 Å². The molecule has 4 rings (SSSR count). The molecule has 1 atom stereocenters. The van der Waals surface area contributed by atoms with Crippen LogP contribution in [0.15, 0.2) is 39.6 Å². The number of esters is 1. The van der Waals surface area contributed by atoms with Crippen LogP contribution in [-0.4, -0.2) is 28.8 Å². The van der Waals surface area contributed by atoms with E-state index < -0.39 is 5.97 Å². The van der Waals surface area contributed by atoms with Crippen LogP contribution in [0.25, 0.3) is 27.6 Å². The molecule has 0 saturated carbocycles. The number of benzene rings is 1. The van der Waals surface area contributed by atoms with Crippen molar-refractivity contribution in [2.24, 2.45) is 0 Å². The number of aliphatic hydroxyl groups is 1. The van der Waals surface area contributed by atoms with Crippen molar-refractivity contribution in [3.63, 3.8) is 0 Å². The molecule has 2 aromatic heterocycles. The highest BCUT2D eigenvalue weighted by atomic mass is 16.5. The van der Waals surface area contributed by atoms with Crippen molar-refractivity contribution >= 4 is 39.4 Å². The normalized spacial score (nSPS) is 16.9. The van der Waals surface area contributed by atoms with E-state index >= 15 is 0 Å². The van der Waals surface area contributed by atoms with Gasteiger partial charge in [0.1, 0.15) is 17.0 Å². The molecule has 0 fully saturated rings. The summed E-state index contributed by atoms with van der Waals surface area (Å²) in [5.41, 5.74) is 8.09. The molecule has 1 unspecified atom stereocenters. The van der Waals surface area contributed by atoms with Crippen LogP contribution in [0.2, 0.25) is 0 Å². The maximum Gasteiger partial charge on any atom is 0.341 e. The molecule has 0 amide bonds. The molecule has 3 N–H and O–H groups in total. The molecule has 28 heavy (non-hydrogen) atoms. The fraction of sp³-hybridized carbons (Fsp3) is 0.286. The second-order valence-electron chi connectivity index (χ2n) is 6.79. The van der Waals surface area contributed by atoms with Gasteiger partial charge < -0.3 is 20.0 Å². The summed E-state index contributed by atoms with van der Waals surface area (Å²) in [5.74, 6) is -0.676. The van der Waals surface area contributed by atoms with Gasteiger partial charge in [0, 0.05) is 0 Å². The quantitative estimate of drug-likeness (QED) is 0.530. The van der Waals surface area contributed by atoms with Gasteiger partial charge in [-0.25, -0.2) is 4.79 Å². The van der Waals surface area contributed by atoms with Crippen LogP contribution in [0.5, 0.6) is 0 Å². The second kappa shape index (κ2) is 7.09. The highest BCUT2D eigenvalue weighted by Gasteiger charge is 2.19. The fourth-order valence-corrected chi connectivity index (χ4v) is 3.45. The number of carbonyl (C=O) groups excluding carboxylic acids is 1. The van der Waals surface area contributed by atoms with Gasteiger partial charge in [0.2, 0.25) is 11.1 Å². The number of rotatable bonds is 3. The predicted molar refractivity (Wildman–Crippen MR) is 106 cm³/mol. The third kappa shape index (κ3) is 3.14. The number of fused-ring (bicyclic) bond motifs is 2. The van der Waals surface area contributed by atoms with Crippen molar-refractivity contribution in [2.75, 3.05) is 12.3 Å². The lowest BCUT2D eigenvalue weighted by Crippen LogP contribution is -2.12. The summed E-state index contributed by atoms with van der Waals surface area (Å²) in [6.45, 7) is 1.88. The van der Waals surface area contributed by atoms with Crippen molar-refractivity contribution in [1.29, 1.82) is 0 Å². The molecule has 0 radical (unpaired) electrons. The third-order valence-electron chi connectivity index (χ3n) is 4.94. The Kier molecular flexibility index (Phi) is 4.60. The minimum Gasteiger partial charge on any atom is -0.462 e. The van der Waals surface area contributed by atoms with Gasteiger partial charge in [-0.1, -0.05) is 12.1 Å².